The molecule has 0 spiro atoms. The van der Waals surface area contributed by atoms with E-state index in [1.807, 2.05) is 24.3 Å². The summed E-state index contributed by atoms with van der Waals surface area (Å²) in [6.07, 6.45) is -0.301. The van der Waals surface area contributed by atoms with Crippen molar-refractivity contribution >= 4 is 30.6 Å². The molecule has 0 aliphatic carbocycles. The summed E-state index contributed by atoms with van der Waals surface area (Å²) in [6, 6.07) is 7.60. The average molecular weight is 364 g/mol. The third kappa shape index (κ3) is 5.42. The van der Waals surface area contributed by atoms with Gasteiger partial charge in [0.05, 0.1) is 19.8 Å². The lowest BCUT2D eigenvalue weighted by atomic mass is 10.2. The molecule has 1 aromatic carbocycles. The third-order valence-corrected chi connectivity index (χ3v) is 3.65. The summed E-state index contributed by atoms with van der Waals surface area (Å²) in [5.41, 5.74) is 6.02. The molecule has 8 heteroatoms. The van der Waals surface area contributed by atoms with Crippen LogP contribution in [-0.2, 0) is 4.74 Å². The van der Waals surface area contributed by atoms with E-state index in [1.165, 1.54) is 0 Å². The normalized spacial score (nSPS) is 21.0. The van der Waals surface area contributed by atoms with Crippen molar-refractivity contribution in [2.45, 2.75) is 6.10 Å². The van der Waals surface area contributed by atoms with Gasteiger partial charge in [-0.15, -0.1) is 24.8 Å². The number of aliphatic imine (C=N–C) groups is 1. The molecule has 2 aliphatic heterocycles. The van der Waals surface area contributed by atoms with Gasteiger partial charge in [-0.25, -0.2) is 0 Å². The third-order valence-electron chi connectivity index (χ3n) is 3.65. The highest BCUT2D eigenvalue weighted by Gasteiger charge is 2.23. The molecule has 0 radical (unpaired) electrons. The smallest absolute Gasteiger partial charge is 0.189 e. The number of fused-ring (bicyclic) bond motifs is 1. The largest absolute Gasteiger partial charge is 0.485 e. The van der Waals surface area contributed by atoms with Crippen molar-refractivity contribution in [3.63, 3.8) is 0 Å². The Bertz CT molecular complexity index is 510. The van der Waals surface area contributed by atoms with Crippen LogP contribution in [0.15, 0.2) is 29.3 Å². The van der Waals surface area contributed by atoms with Gasteiger partial charge in [0.1, 0.15) is 12.4 Å². The standard InChI is InChI=1S/C15H21N3O3.2ClH/c16-15(17-5-6-18-7-9-19-10-8-18)14-11-20-12-3-1-2-4-13(12)21-14;;/h1-4,14H,5-11H2,(H2,16,17);2*1H. The zero-order valence-electron chi connectivity index (χ0n) is 12.8. The molecule has 130 valence electrons. The molecule has 2 N–H and O–H groups in total. The van der Waals surface area contributed by atoms with Crippen molar-refractivity contribution in [2.24, 2.45) is 10.7 Å². The molecule has 23 heavy (non-hydrogen) atoms. The van der Waals surface area contributed by atoms with Gasteiger partial charge < -0.3 is 19.9 Å². The molecule has 1 aromatic rings. The van der Waals surface area contributed by atoms with Crippen LogP contribution in [0.3, 0.4) is 0 Å². The van der Waals surface area contributed by atoms with Gasteiger partial charge in [0.2, 0.25) is 0 Å². The second-order valence-electron chi connectivity index (χ2n) is 5.12. The highest BCUT2D eigenvalue weighted by Crippen LogP contribution is 2.30. The Morgan fingerprint density at radius 1 is 1.17 bits per heavy atom. The number of ether oxygens (including phenoxy) is 3. The van der Waals surface area contributed by atoms with E-state index in [-0.39, 0.29) is 30.9 Å². The number of benzene rings is 1. The zero-order valence-corrected chi connectivity index (χ0v) is 14.5. The molecule has 1 unspecified atom stereocenters. The van der Waals surface area contributed by atoms with Crippen molar-refractivity contribution in [2.75, 3.05) is 46.0 Å². The second kappa shape index (κ2) is 9.82. The van der Waals surface area contributed by atoms with E-state index in [4.69, 9.17) is 19.9 Å². The molecule has 1 fully saturated rings. The summed E-state index contributed by atoms with van der Waals surface area (Å²) < 4.78 is 16.8. The summed E-state index contributed by atoms with van der Waals surface area (Å²) in [5, 5.41) is 0. The Morgan fingerprint density at radius 3 is 2.61 bits per heavy atom. The maximum atomic E-state index is 6.02. The van der Waals surface area contributed by atoms with Gasteiger partial charge in [-0.3, -0.25) is 9.89 Å². The van der Waals surface area contributed by atoms with Crippen LogP contribution in [0.4, 0.5) is 0 Å². The van der Waals surface area contributed by atoms with Crippen LogP contribution in [0, 0.1) is 0 Å². The Morgan fingerprint density at radius 2 is 1.87 bits per heavy atom. The number of morpholine rings is 1. The lowest BCUT2D eigenvalue weighted by Gasteiger charge is -2.27. The molecule has 0 amide bonds. The Hall–Kier alpha value is -1.21. The summed E-state index contributed by atoms with van der Waals surface area (Å²) in [5.74, 6) is 1.98. The summed E-state index contributed by atoms with van der Waals surface area (Å²) in [4.78, 5) is 6.75. The fourth-order valence-electron chi connectivity index (χ4n) is 2.41. The second-order valence-corrected chi connectivity index (χ2v) is 5.12. The average Bonchev–Trinajstić information content (AvgIpc) is 2.55. The number of halogens is 2. The number of rotatable bonds is 4. The van der Waals surface area contributed by atoms with Crippen LogP contribution in [0.25, 0.3) is 0 Å². The quantitative estimate of drug-likeness (QED) is 0.645. The first-order chi connectivity index (χ1) is 10.3. The molecular formula is C15H23Cl2N3O3. The topological polar surface area (TPSA) is 69.3 Å². The van der Waals surface area contributed by atoms with E-state index in [9.17, 15) is 0 Å². The lowest BCUT2D eigenvalue weighted by Crippen LogP contribution is -2.42. The van der Waals surface area contributed by atoms with E-state index in [0.717, 1.165) is 44.3 Å². The summed E-state index contributed by atoms with van der Waals surface area (Å²) >= 11 is 0. The molecule has 3 rings (SSSR count). The van der Waals surface area contributed by atoms with Crippen molar-refractivity contribution < 1.29 is 14.2 Å². The SMILES string of the molecule is Cl.Cl.NC(=NCCN1CCOCC1)C1COc2ccccc2O1. The van der Waals surface area contributed by atoms with Crippen molar-refractivity contribution in [3.05, 3.63) is 24.3 Å². The van der Waals surface area contributed by atoms with Gasteiger partial charge in [0.15, 0.2) is 17.6 Å². The van der Waals surface area contributed by atoms with E-state index in [0.29, 0.717) is 19.0 Å². The van der Waals surface area contributed by atoms with Gasteiger partial charge in [-0.05, 0) is 12.1 Å². The first-order valence-corrected chi connectivity index (χ1v) is 7.31. The van der Waals surface area contributed by atoms with Crippen LogP contribution >= 0.6 is 24.8 Å². The van der Waals surface area contributed by atoms with Crippen LogP contribution < -0.4 is 15.2 Å². The highest BCUT2D eigenvalue weighted by molar-refractivity contribution is 5.86. The van der Waals surface area contributed by atoms with E-state index in [2.05, 4.69) is 9.89 Å². The number of hydrogen-bond donors (Lipinski definition) is 1. The van der Waals surface area contributed by atoms with Gasteiger partial charge in [0, 0.05) is 19.6 Å². The van der Waals surface area contributed by atoms with Gasteiger partial charge >= 0.3 is 0 Å². The van der Waals surface area contributed by atoms with Gasteiger partial charge in [0.25, 0.3) is 0 Å². The summed E-state index contributed by atoms with van der Waals surface area (Å²) in [6.45, 7) is 5.51. The predicted molar refractivity (Wildman–Crippen MR) is 94.6 cm³/mol. The molecular weight excluding hydrogens is 341 g/mol. The number of amidine groups is 1. The fourth-order valence-corrected chi connectivity index (χ4v) is 2.41. The van der Waals surface area contributed by atoms with Crippen LogP contribution in [-0.4, -0.2) is 62.8 Å². The Balaban J connectivity index is 0.00000132. The van der Waals surface area contributed by atoms with E-state index >= 15 is 0 Å². The molecule has 2 heterocycles. The Labute approximate surface area is 148 Å². The first kappa shape index (κ1) is 19.8. The monoisotopic (exact) mass is 363 g/mol. The molecule has 2 aliphatic rings. The molecule has 6 nitrogen and oxygen atoms in total. The molecule has 1 saturated heterocycles. The minimum absolute atomic E-state index is 0. The number of nitrogens with zero attached hydrogens (tertiary/aromatic N) is 2. The minimum Gasteiger partial charge on any atom is -0.485 e. The van der Waals surface area contributed by atoms with Crippen LogP contribution in [0.5, 0.6) is 11.5 Å². The highest BCUT2D eigenvalue weighted by atomic mass is 35.5. The lowest BCUT2D eigenvalue weighted by molar-refractivity contribution is 0.0394. The van der Waals surface area contributed by atoms with Crippen molar-refractivity contribution in [1.29, 1.82) is 0 Å². The molecule has 0 saturated carbocycles. The number of hydrogen-bond acceptors (Lipinski definition) is 5. The van der Waals surface area contributed by atoms with Crippen LogP contribution in [0.1, 0.15) is 0 Å². The van der Waals surface area contributed by atoms with Crippen molar-refractivity contribution in [1.82, 2.24) is 4.90 Å². The number of para-hydroxylation sites is 2. The molecule has 0 aromatic heterocycles. The van der Waals surface area contributed by atoms with E-state index in [1.54, 1.807) is 0 Å². The van der Waals surface area contributed by atoms with Gasteiger partial charge in [-0.2, -0.15) is 0 Å². The fraction of sp³-hybridized carbons (Fsp3) is 0.533. The predicted octanol–water partition coefficient (Wildman–Crippen LogP) is 1.36. The zero-order chi connectivity index (χ0) is 14.5. The van der Waals surface area contributed by atoms with Crippen LogP contribution in [0.2, 0.25) is 0 Å². The molecule has 1 atom stereocenters. The molecule has 0 bridgehead atoms. The van der Waals surface area contributed by atoms with E-state index < -0.39 is 0 Å². The Kier molecular flexibility index (Phi) is 8.47. The number of nitrogens with two attached hydrogens (primary N) is 1. The summed E-state index contributed by atoms with van der Waals surface area (Å²) in [7, 11) is 0. The minimum atomic E-state index is -0.301. The maximum absolute atomic E-state index is 6.02. The van der Waals surface area contributed by atoms with Crippen molar-refractivity contribution in [3.8, 4) is 11.5 Å². The maximum Gasteiger partial charge on any atom is 0.189 e. The van der Waals surface area contributed by atoms with Gasteiger partial charge in [-0.1, -0.05) is 12.1 Å². The first-order valence-electron chi connectivity index (χ1n) is 7.31.